The Balaban J connectivity index is 1.44. The Bertz CT molecular complexity index is 432. The van der Waals surface area contributed by atoms with E-state index in [1.807, 2.05) is 11.3 Å². The predicted molar refractivity (Wildman–Crippen MR) is 79.8 cm³/mol. The summed E-state index contributed by atoms with van der Waals surface area (Å²) >= 11 is 1.89. The van der Waals surface area contributed by atoms with Crippen molar-refractivity contribution in [2.45, 2.75) is 45.4 Å². The molecule has 0 spiro atoms. The first-order valence-electron chi connectivity index (χ1n) is 7.34. The molecule has 0 aromatic carbocycles. The normalized spacial score (nSPS) is 27.7. The number of nitrogens with zero attached hydrogens (tertiary/aromatic N) is 1. The first-order valence-corrected chi connectivity index (χ1v) is 8.16. The third kappa shape index (κ3) is 3.19. The number of ether oxygens (including phenoxy) is 1. The Hall–Kier alpha value is -0.420. The SMILES string of the molecule is Cc1cc(CNCC2CN3CCCC3CO2)c(C)s1. The maximum atomic E-state index is 5.96. The molecule has 4 heteroatoms. The molecule has 3 heterocycles. The number of morpholine rings is 1. The molecule has 2 saturated heterocycles. The van der Waals surface area contributed by atoms with E-state index in [4.69, 9.17) is 4.74 Å². The summed E-state index contributed by atoms with van der Waals surface area (Å²) in [6, 6.07) is 3.00. The van der Waals surface area contributed by atoms with Gasteiger partial charge in [-0.25, -0.2) is 0 Å². The van der Waals surface area contributed by atoms with Gasteiger partial charge in [-0.05, 0) is 44.9 Å². The number of rotatable bonds is 4. The predicted octanol–water partition coefficient (Wildman–Crippen LogP) is 2.32. The van der Waals surface area contributed by atoms with Gasteiger partial charge in [0, 0.05) is 35.4 Å². The lowest BCUT2D eigenvalue weighted by atomic mass is 10.2. The highest BCUT2D eigenvalue weighted by atomic mass is 32.1. The molecule has 0 aliphatic carbocycles. The third-order valence-corrected chi connectivity index (χ3v) is 5.30. The average molecular weight is 280 g/mol. The van der Waals surface area contributed by atoms with Crippen LogP contribution in [-0.4, -0.2) is 43.3 Å². The van der Waals surface area contributed by atoms with Gasteiger partial charge in [0.1, 0.15) is 0 Å². The van der Waals surface area contributed by atoms with Crippen molar-refractivity contribution in [1.29, 1.82) is 0 Å². The largest absolute Gasteiger partial charge is 0.374 e. The molecule has 2 unspecified atom stereocenters. The molecular weight excluding hydrogens is 256 g/mol. The number of hydrogen-bond acceptors (Lipinski definition) is 4. The highest BCUT2D eigenvalue weighted by Gasteiger charge is 2.31. The maximum absolute atomic E-state index is 5.96. The first-order chi connectivity index (χ1) is 9.22. The van der Waals surface area contributed by atoms with Crippen molar-refractivity contribution in [3.63, 3.8) is 0 Å². The standard InChI is InChI=1S/C15H24N2OS/c1-11-6-13(12(2)19-11)7-16-8-15-9-17-5-3-4-14(17)10-18-15/h6,14-16H,3-5,7-10H2,1-2H3. The number of aryl methyl sites for hydroxylation is 2. The molecule has 2 aliphatic heterocycles. The maximum Gasteiger partial charge on any atom is 0.0827 e. The van der Waals surface area contributed by atoms with Gasteiger partial charge in [0.05, 0.1) is 12.7 Å². The summed E-state index contributed by atoms with van der Waals surface area (Å²) < 4.78 is 5.96. The van der Waals surface area contributed by atoms with Crippen molar-refractivity contribution in [2.24, 2.45) is 0 Å². The number of thiophene rings is 1. The van der Waals surface area contributed by atoms with Crippen LogP contribution in [0.4, 0.5) is 0 Å². The highest BCUT2D eigenvalue weighted by molar-refractivity contribution is 7.12. The Kier molecular flexibility index (Phi) is 4.22. The lowest BCUT2D eigenvalue weighted by Gasteiger charge is -2.35. The Morgan fingerprint density at radius 2 is 2.37 bits per heavy atom. The average Bonchev–Trinajstić information content (AvgIpc) is 2.96. The zero-order valence-corrected chi connectivity index (χ0v) is 12.8. The summed E-state index contributed by atoms with van der Waals surface area (Å²) in [5, 5.41) is 3.56. The molecule has 0 amide bonds. The monoisotopic (exact) mass is 280 g/mol. The molecule has 2 atom stereocenters. The summed E-state index contributed by atoms with van der Waals surface area (Å²) in [5.41, 5.74) is 1.44. The fraction of sp³-hybridized carbons (Fsp3) is 0.733. The zero-order chi connectivity index (χ0) is 13.2. The zero-order valence-electron chi connectivity index (χ0n) is 11.9. The van der Waals surface area contributed by atoms with Gasteiger partial charge in [0.2, 0.25) is 0 Å². The summed E-state index contributed by atoms with van der Waals surface area (Å²) in [5.74, 6) is 0. The van der Waals surface area contributed by atoms with Crippen LogP contribution in [-0.2, 0) is 11.3 Å². The fourth-order valence-electron chi connectivity index (χ4n) is 3.24. The third-order valence-electron chi connectivity index (χ3n) is 4.29. The van der Waals surface area contributed by atoms with E-state index < -0.39 is 0 Å². The van der Waals surface area contributed by atoms with Crippen molar-refractivity contribution >= 4 is 11.3 Å². The van der Waals surface area contributed by atoms with Crippen molar-refractivity contribution < 1.29 is 4.74 Å². The van der Waals surface area contributed by atoms with E-state index in [-0.39, 0.29) is 0 Å². The second kappa shape index (κ2) is 5.92. The van der Waals surface area contributed by atoms with E-state index >= 15 is 0 Å². The van der Waals surface area contributed by atoms with Crippen LogP contribution in [0.15, 0.2) is 6.07 Å². The van der Waals surface area contributed by atoms with Crippen LogP contribution >= 0.6 is 11.3 Å². The molecule has 106 valence electrons. The Morgan fingerprint density at radius 3 is 3.16 bits per heavy atom. The molecule has 0 saturated carbocycles. The van der Waals surface area contributed by atoms with Gasteiger partial charge >= 0.3 is 0 Å². The minimum atomic E-state index is 0.370. The van der Waals surface area contributed by atoms with E-state index in [0.717, 1.165) is 26.2 Å². The minimum absolute atomic E-state index is 0.370. The second-order valence-electron chi connectivity index (χ2n) is 5.82. The van der Waals surface area contributed by atoms with E-state index in [1.165, 1.54) is 34.7 Å². The van der Waals surface area contributed by atoms with Crippen LogP contribution in [0.25, 0.3) is 0 Å². The summed E-state index contributed by atoms with van der Waals surface area (Å²) in [4.78, 5) is 5.45. The van der Waals surface area contributed by atoms with Gasteiger partial charge in [0.15, 0.2) is 0 Å². The summed E-state index contributed by atoms with van der Waals surface area (Å²) in [6.07, 6.45) is 3.05. The quantitative estimate of drug-likeness (QED) is 0.916. The second-order valence-corrected chi connectivity index (χ2v) is 7.28. The van der Waals surface area contributed by atoms with Crippen molar-refractivity contribution in [3.05, 3.63) is 21.4 Å². The van der Waals surface area contributed by atoms with Gasteiger partial charge in [-0.2, -0.15) is 0 Å². The fourth-order valence-corrected chi connectivity index (χ4v) is 4.18. The number of hydrogen-bond donors (Lipinski definition) is 1. The van der Waals surface area contributed by atoms with Crippen molar-refractivity contribution in [1.82, 2.24) is 10.2 Å². The number of nitrogens with one attached hydrogen (secondary N) is 1. The van der Waals surface area contributed by atoms with E-state index in [0.29, 0.717) is 12.1 Å². The Morgan fingerprint density at radius 1 is 1.47 bits per heavy atom. The summed E-state index contributed by atoms with van der Waals surface area (Å²) in [7, 11) is 0. The minimum Gasteiger partial charge on any atom is -0.374 e. The molecule has 2 aliphatic rings. The molecule has 0 radical (unpaired) electrons. The molecule has 19 heavy (non-hydrogen) atoms. The van der Waals surface area contributed by atoms with Gasteiger partial charge in [-0.15, -0.1) is 11.3 Å². The lowest BCUT2D eigenvalue weighted by Crippen LogP contribution is -2.49. The molecule has 0 bridgehead atoms. The van der Waals surface area contributed by atoms with Gasteiger partial charge in [0.25, 0.3) is 0 Å². The van der Waals surface area contributed by atoms with Crippen LogP contribution in [0.5, 0.6) is 0 Å². The Labute approximate surface area is 119 Å². The van der Waals surface area contributed by atoms with Crippen LogP contribution in [0.2, 0.25) is 0 Å². The molecular formula is C15H24N2OS. The van der Waals surface area contributed by atoms with Gasteiger partial charge in [-0.3, -0.25) is 4.90 Å². The molecule has 1 aromatic heterocycles. The molecule has 3 rings (SSSR count). The van der Waals surface area contributed by atoms with Crippen molar-refractivity contribution in [2.75, 3.05) is 26.2 Å². The molecule has 1 N–H and O–H groups in total. The molecule has 2 fully saturated rings. The highest BCUT2D eigenvalue weighted by Crippen LogP contribution is 2.23. The van der Waals surface area contributed by atoms with E-state index in [9.17, 15) is 0 Å². The van der Waals surface area contributed by atoms with E-state index in [1.54, 1.807) is 0 Å². The molecule has 3 nitrogen and oxygen atoms in total. The van der Waals surface area contributed by atoms with Crippen LogP contribution in [0.1, 0.15) is 28.2 Å². The first kappa shape index (κ1) is 13.6. The van der Waals surface area contributed by atoms with Gasteiger partial charge < -0.3 is 10.1 Å². The smallest absolute Gasteiger partial charge is 0.0827 e. The van der Waals surface area contributed by atoms with Gasteiger partial charge in [-0.1, -0.05) is 0 Å². The topological polar surface area (TPSA) is 24.5 Å². The number of fused-ring (bicyclic) bond motifs is 1. The summed E-state index contributed by atoms with van der Waals surface area (Å²) in [6.45, 7) is 9.65. The van der Waals surface area contributed by atoms with Crippen LogP contribution < -0.4 is 5.32 Å². The lowest BCUT2D eigenvalue weighted by molar-refractivity contribution is -0.0470. The van der Waals surface area contributed by atoms with Crippen LogP contribution in [0, 0.1) is 13.8 Å². The molecule has 1 aromatic rings. The van der Waals surface area contributed by atoms with Crippen LogP contribution in [0.3, 0.4) is 0 Å². The van der Waals surface area contributed by atoms with E-state index in [2.05, 4.69) is 30.1 Å². The van der Waals surface area contributed by atoms with Crippen molar-refractivity contribution in [3.8, 4) is 0 Å².